The van der Waals surface area contributed by atoms with Gasteiger partial charge in [0.25, 0.3) is 0 Å². The maximum absolute atomic E-state index is 10.1. The van der Waals surface area contributed by atoms with E-state index in [1.165, 1.54) is 0 Å². The number of aliphatic hydroxyl groups excluding tert-OH is 2. The van der Waals surface area contributed by atoms with E-state index in [1.807, 2.05) is 50.2 Å². The fourth-order valence-electron chi connectivity index (χ4n) is 1.89. The van der Waals surface area contributed by atoms with Crippen LogP contribution < -0.4 is 0 Å². The molecule has 0 saturated carbocycles. The number of amidine groups is 1. The van der Waals surface area contributed by atoms with Gasteiger partial charge in [0.2, 0.25) is 0 Å². The molecule has 4 nitrogen and oxygen atoms in total. The van der Waals surface area contributed by atoms with Gasteiger partial charge in [-0.2, -0.15) is 0 Å². The molecule has 1 aliphatic carbocycles. The Bertz CT molecular complexity index is 414. The highest BCUT2D eigenvalue weighted by atomic mass is 16.3. The molecule has 17 heavy (non-hydrogen) atoms. The molecule has 1 aliphatic rings. The Morgan fingerprint density at radius 2 is 1.65 bits per heavy atom. The van der Waals surface area contributed by atoms with Crippen molar-refractivity contribution in [3.05, 3.63) is 41.4 Å². The summed E-state index contributed by atoms with van der Waals surface area (Å²) in [4.78, 5) is 6.15. The van der Waals surface area contributed by atoms with Crippen molar-refractivity contribution in [3.63, 3.8) is 0 Å². The lowest BCUT2D eigenvalue weighted by Crippen LogP contribution is -2.21. The molecule has 0 radical (unpaired) electrons. The summed E-state index contributed by atoms with van der Waals surface area (Å²) in [7, 11) is 3.75. The van der Waals surface area contributed by atoms with E-state index >= 15 is 0 Å². The van der Waals surface area contributed by atoms with Gasteiger partial charge in [-0.1, -0.05) is 43.1 Å². The summed E-state index contributed by atoms with van der Waals surface area (Å²) in [6.45, 7) is 1.84. The summed E-state index contributed by atoms with van der Waals surface area (Å²) in [5, 5.41) is 20.2. The van der Waals surface area contributed by atoms with Crippen molar-refractivity contribution >= 4 is 5.84 Å². The molecule has 1 aromatic rings. The van der Waals surface area contributed by atoms with Crippen molar-refractivity contribution in [2.45, 2.75) is 19.1 Å². The zero-order valence-corrected chi connectivity index (χ0v) is 10.3. The second-order valence-corrected chi connectivity index (χ2v) is 4.41. The van der Waals surface area contributed by atoms with E-state index in [0.717, 1.165) is 17.0 Å². The van der Waals surface area contributed by atoms with Gasteiger partial charge in [0, 0.05) is 0 Å². The molecular formula is C13H17N2O2-. The molecule has 2 atom stereocenters. The molecule has 0 saturated heterocycles. The first-order chi connectivity index (χ1) is 8.02. The SMILES string of the molecule is CC(=N[C-]1C(O)c2ccccc2C1O)N(C)C. The monoisotopic (exact) mass is 233 g/mol. The number of nitrogens with zero attached hydrogens (tertiary/aromatic N) is 2. The minimum absolute atomic E-state index is 0.400. The van der Waals surface area contributed by atoms with Gasteiger partial charge in [-0.15, -0.1) is 0 Å². The Balaban J connectivity index is 2.33. The molecule has 2 rings (SSSR count). The molecule has 0 aliphatic heterocycles. The smallest absolute Gasteiger partial charge is 0.0550 e. The standard InChI is InChI=1S/C13H17N2O2/c1-8(15(2)3)14-11-12(16)9-6-4-5-7-10(9)13(11)17/h4-7,12-13,16-17H,1-3H3/q-1. The van der Waals surface area contributed by atoms with Crippen LogP contribution in [-0.2, 0) is 0 Å². The van der Waals surface area contributed by atoms with Crippen molar-refractivity contribution in [2.75, 3.05) is 14.1 Å². The maximum Gasteiger partial charge on any atom is 0.0550 e. The normalized spacial score (nSPS) is 23.8. The summed E-state index contributed by atoms with van der Waals surface area (Å²) in [6.07, 6.45) is -1.62. The van der Waals surface area contributed by atoms with E-state index in [1.54, 1.807) is 0 Å². The van der Waals surface area contributed by atoms with Gasteiger partial charge < -0.3 is 20.1 Å². The molecule has 0 heterocycles. The fraction of sp³-hybridized carbons (Fsp3) is 0.385. The number of aliphatic imine (C=N–C) groups is 1. The highest BCUT2D eigenvalue weighted by Gasteiger charge is 2.31. The van der Waals surface area contributed by atoms with Crippen LogP contribution in [0.4, 0.5) is 0 Å². The average molecular weight is 233 g/mol. The Morgan fingerprint density at radius 3 is 2.06 bits per heavy atom. The quantitative estimate of drug-likeness (QED) is 0.436. The summed E-state index contributed by atoms with van der Waals surface area (Å²) in [5.41, 5.74) is 1.48. The van der Waals surface area contributed by atoms with Crippen LogP contribution in [0.25, 0.3) is 0 Å². The number of rotatable bonds is 1. The number of benzene rings is 1. The third-order valence-corrected chi connectivity index (χ3v) is 3.08. The molecule has 1 aromatic carbocycles. The van der Waals surface area contributed by atoms with Crippen LogP contribution in [0.1, 0.15) is 30.3 Å². The minimum Gasteiger partial charge on any atom is -0.442 e. The predicted molar refractivity (Wildman–Crippen MR) is 66.4 cm³/mol. The zero-order chi connectivity index (χ0) is 12.6. The molecule has 4 heteroatoms. The third-order valence-electron chi connectivity index (χ3n) is 3.08. The van der Waals surface area contributed by atoms with Gasteiger partial charge in [-0.05, 0) is 25.2 Å². The maximum atomic E-state index is 10.1. The van der Waals surface area contributed by atoms with Crippen LogP contribution in [0.15, 0.2) is 29.3 Å². The lowest BCUT2D eigenvalue weighted by Gasteiger charge is -2.29. The van der Waals surface area contributed by atoms with Crippen LogP contribution in [-0.4, -0.2) is 35.0 Å². The summed E-state index contributed by atoms with van der Waals surface area (Å²) >= 11 is 0. The number of hydrogen-bond donors (Lipinski definition) is 2. The van der Waals surface area contributed by atoms with Crippen molar-refractivity contribution in [1.82, 2.24) is 4.90 Å². The molecule has 2 unspecified atom stereocenters. The molecule has 2 N–H and O–H groups in total. The van der Waals surface area contributed by atoms with Crippen LogP contribution in [0.2, 0.25) is 0 Å². The highest BCUT2D eigenvalue weighted by Crippen LogP contribution is 2.45. The topological polar surface area (TPSA) is 56.1 Å². The summed E-state index contributed by atoms with van der Waals surface area (Å²) in [5.74, 6) is 0.755. The van der Waals surface area contributed by atoms with Gasteiger partial charge in [0.1, 0.15) is 0 Å². The Morgan fingerprint density at radius 1 is 1.18 bits per heavy atom. The second-order valence-electron chi connectivity index (χ2n) is 4.41. The fourth-order valence-corrected chi connectivity index (χ4v) is 1.89. The Kier molecular flexibility index (Phi) is 3.09. The largest absolute Gasteiger partial charge is 0.442 e. The van der Waals surface area contributed by atoms with E-state index in [2.05, 4.69) is 4.99 Å². The van der Waals surface area contributed by atoms with Crippen molar-refractivity contribution in [1.29, 1.82) is 0 Å². The third kappa shape index (κ3) is 2.01. The van der Waals surface area contributed by atoms with Gasteiger partial charge in [0.15, 0.2) is 0 Å². The van der Waals surface area contributed by atoms with E-state index in [9.17, 15) is 10.2 Å². The molecule has 0 aromatic heterocycles. The number of aliphatic hydroxyl groups is 2. The predicted octanol–water partition coefficient (Wildman–Crippen LogP) is 1.28. The number of fused-ring (bicyclic) bond motifs is 1. The van der Waals surface area contributed by atoms with Gasteiger partial charge >= 0.3 is 0 Å². The van der Waals surface area contributed by atoms with E-state index in [4.69, 9.17) is 0 Å². The second kappa shape index (κ2) is 4.39. The molecular weight excluding hydrogens is 216 g/mol. The van der Waals surface area contributed by atoms with Crippen LogP contribution in [0.5, 0.6) is 0 Å². The molecule has 0 fully saturated rings. The molecule has 0 amide bonds. The first kappa shape index (κ1) is 12.0. The van der Waals surface area contributed by atoms with Crippen molar-refractivity contribution in [2.24, 2.45) is 4.99 Å². The van der Waals surface area contributed by atoms with Crippen LogP contribution in [0.3, 0.4) is 0 Å². The summed E-state index contributed by atoms with van der Waals surface area (Å²) in [6, 6.07) is 7.73. The van der Waals surface area contributed by atoms with Gasteiger partial charge in [-0.25, -0.2) is 0 Å². The van der Waals surface area contributed by atoms with Crippen LogP contribution in [0, 0.1) is 6.04 Å². The van der Waals surface area contributed by atoms with E-state index in [0.29, 0.717) is 6.04 Å². The zero-order valence-electron chi connectivity index (χ0n) is 10.3. The molecule has 0 bridgehead atoms. The minimum atomic E-state index is -0.809. The first-order valence-electron chi connectivity index (χ1n) is 5.56. The van der Waals surface area contributed by atoms with Crippen LogP contribution >= 0.6 is 0 Å². The van der Waals surface area contributed by atoms with Crippen molar-refractivity contribution < 1.29 is 10.2 Å². The Labute approximate surface area is 101 Å². The van der Waals surface area contributed by atoms with E-state index in [-0.39, 0.29) is 0 Å². The Hall–Kier alpha value is -1.52. The van der Waals surface area contributed by atoms with Gasteiger partial charge in [-0.3, -0.25) is 0 Å². The number of hydrogen-bond acceptors (Lipinski definition) is 3. The van der Waals surface area contributed by atoms with E-state index < -0.39 is 12.2 Å². The molecule has 92 valence electrons. The average Bonchev–Trinajstić information content (AvgIpc) is 2.55. The lowest BCUT2D eigenvalue weighted by molar-refractivity contribution is 0.132. The first-order valence-corrected chi connectivity index (χ1v) is 5.56. The summed E-state index contributed by atoms with van der Waals surface area (Å²) < 4.78 is 0. The van der Waals surface area contributed by atoms with Crippen molar-refractivity contribution in [3.8, 4) is 0 Å². The van der Waals surface area contributed by atoms with Gasteiger partial charge in [0.05, 0.1) is 12.2 Å². The highest BCUT2D eigenvalue weighted by molar-refractivity contribution is 5.80. The molecule has 0 spiro atoms. The lowest BCUT2D eigenvalue weighted by atomic mass is 10.1.